The first-order chi connectivity index (χ1) is 14.9. The van der Waals surface area contributed by atoms with E-state index in [9.17, 15) is 19.8 Å². The van der Waals surface area contributed by atoms with Gasteiger partial charge in [0.05, 0.1) is 11.2 Å². The van der Waals surface area contributed by atoms with E-state index in [-0.39, 0.29) is 41.8 Å². The van der Waals surface area contributed by atoms with Gasteiger partial charge in [-0.05, 0) is 47.1 Å². The Hall–Kier alpha value is -2.00. The number of ketones is 1. The van der Waals surface area contributed by atoms with Gasteiger partial charge in [-0.25, -0.2) is 0 Å². The van der Waals surface area contributed by atoms with Crippen molar-refractivity contribution < 1.29 is 49.4 Å². The van der Waals surface area contributed by atoms with Gasteiger partial charge in [0.15, 0.2) is 5.78 Å². The van der Waals surface area contributed by atoms with Crippen LogP contribution in [-0.4, -0.2) is 39.4 Å². The van der Waals surface area contributed by atoms with E-state index in [1.165, 1.54) is 11.8 Å². The van der Waals surface area contributed by atoms with E-state index in [0.29, 0.717) is 22.3 Å². The van der Waals surface area contributed by atoms with Gasteiger partial charge in [0.1, 0.15) is 6.10 Å². The number of benzene rings is 2. The Morgan fingerprint density at radius 2 is 1.72 bits per heavy atom. The van der Waals surface area contributed by atoms with Crippen LogP contribution in [0.15, 0.2) is 73.1 Å². The van der Waals surface area contributed by atoms with Crippen LogP contribution in [0.5, 0.6) is 0 Å². The summed E-state index contributed by atoms with van der Waals surface area (Å²) in [4.78, 5) is 28.6. The molecule has 3 atom stereocenters. The van der Waals surface area contributed by atoms with Crippen molar-refractivity contribution in [3.63, 3.8) is 0 Å². The number of carbonyl (C=O) groups excluding carboxylic acids is 2. The average Bonchev–Trinajstić information content (AvgIpc) is 2.82. The van der Waals surface area contributed by atoms with Gasteiger partial charge in [0, 0.05) is 24.0 Å². The summed E-state index contributed by atoms with van der Waals surface area (Å²) in [5, 5.41) is 21.5. The van der Waals surface area contributed by atoms with Gasteiger partial charge in [-0.15, -0.1) is 0 Å². The molecule has 1 heterocycles. The first kappa shape index (κ1) is 26.3. The van der Waals surface area contributed by atoms with Gasteiger partial charge in [-0.1, -0.05) is 48.5 Å². The number of hydrogen-bond donors (Lipinski definition) is 2. The normalized spacial score (nSPS) is 13.5. The molecule has 0 saturated heterocycles. The molecule has 0 radical (unpaired) electrons. The number of thioether (sulfide) groups is 1. The molecule has 1 aromatic heterocycles. The van der Waals surface area contributed by atoms with E-state index in [1.54, 1.807) is 49.0 Å². The third-order valence-corrected chi connectivity index (χ3v) is 6.06. The quantitative estimate of drug-likeness (QED) is 0.319. The number of aromatic nitrogens is 1. The number of aliphatic carboxylic acids is 1. The first-order valence-corrected chi connectivity index (χ1v) is 11.0. The van der Waals surface area contributed by atoms with Crippen molar-refractivity contribution >= 4 is 23.5 Å². The Morgan fingerprint density at radius 1 is 1.06 bits per heavy atom. The summed E-state index contributed by atoms with van der Waals surface area (Å²) in [5.74, 6) is -1.64. The van der Waals surface area contributed by atoms with Crippen LogP contribution in [0.1, 0.15) is 34.0 Å². The molecule has 0 aliphatic heterocycles. The second-order valence-corrected chi connectivity index (χ2v) is 8.11. The molecule has 0 fully saturated rings. The van der Waals surface area contributed by atoms with Crippen LogP contribution in [0, 0.1) is 0 Å². The summed E-state index contributed by atoms with van der Waals surface area (Å²) in [6.07, 6.45) is 3.92. The summed E-state index contributed by atoms with van der Waals surface area (Å²) in [6, 6.07) is 16.7. The van der Waals surface area contributed by atoms with Crippen molar-refractivity contribution in [2.24, 2.45) is 5.73 Å². The molecule has 0 amide bonds. The summed E-state index contributed by atoms with van der Waals surface area (Å²) in [7, 11) is 0. The predicted octanol–water partition coefficient (Wildman–Crippen LogP) is -0.784. The summed E-state index contributed by atoms with van der Waals surface area (Å²) >= 11 is 1.24. The Kier molecular flexibility index (Phi) is 10.1. The van der Waals surface area contributed by atoms with Crippen molar-refractivity contribution in [3.05, 3.63) is 89.7 Å². The molecular weight excluding hydrogens is 435 g/mol. The molecule has 32 heavy (non-hydrogen) atoms. The molecule has 0 bridgehead atoms. The van der Waals surface area contributed by atoms with Crippen molar-refractivity contribution in [1.29, 1.82) is 0 Å². The fourth-order valence-electron chi connectivity index (χ4n) is 3.47. The molecule has 8 heteroatoms. The van der Waals surface area contributed by atoms with E-state index >= 15 is 0 Å². The number of hydrogen-bond acceptors (Lipinski definition) is 7. The third kappa shape index (κ3) is 6.07. The van der Waals surface area contributed by atoms with E-state index in [4.69, 9.17) is 5.73 Å². The van der Waals surface area contributed by atoms with Gasteiger partial charge in [0.25, 0.3) is 0 Å². The number of carbonyl (C=O) groups is 2. The number of nitrogens with zero attached hydrogens (tertiary/aromatic N) is 1. The number of carboxylic acids is 1. The second-order valence-electron chi connectivity index (χ2n) is 7.07. The standard InChI is InChI=1S/C24H24N2O4S.Na/c1-31-20(14-19(25)24(29)30)23(28)18-9-5-8-17(21(18)15-6-3-2-4-7-15)22(27)16-10-12-26-13-11-16;/h2-13,19-20,22,27H,14,25H2,1H3,(H,29,30);/q;+1/p-1/t19-,20?,22?;/m0./s1. The van der Waals surface area contributed by atoms with Crippen LogP contribution in [0.25, 0.3) is 11.1 Å². The Bertz CT molecular complexity index is 1050. The van der Waals surface area contributed by atoms with Crippen molar-refractivity contribution in [1.82, 2.24) is 4.98 Å². The van der Waals surface area contributed by atoms with E-state index in [1.807, 2.05) is 30.3 Å². The maximum absolute atomic E-state index is 13.5. The molecule has 6 nitrogen and oxygen atoms in total. The van der Waals surface area contributed by atoms with Crippen molar-refractivity contribution in [2.45, 2.75) is 23.8 Å². The molecule has 0 saturated carbocycles. The van der Waals surface area contributed by atoms with Gasteiger partial charge in [0.2, 0.25) is 0 Å². The molecule has 2 aromatic carbocycles. The number of Topliss-reactive ketones (excluding diaryl/α,β-unsaturated/α-hetero) is 1. The van der Waals surface area contributed by atoms with Crippen molar-refractivity contribution in [2.75, 3.05) is 6.26 Å². The van der Waals surface area contributed by atoms with Crippen LogP contribution in [0.2, 0.25) is 0 Å². The Labute approximate surface area is 213 Å². The number of nitrogens with two attached hydrogens (primary N) is 1. The Morgan fingerprint density at radius 3 is 2.31 bits per heavy atom. The van der Waals surface area contributed by atoms with Gasteiger partial charge in [-0.2, -0.15) is 11.8 Å². The van der Waals surface area contributed by atoms with Gasteiger partial charge < -0.3 is 20.7 Å². The monoisotopic (exact) mass is 458 g/mol. The summed E-state index contributed by atoms with van der Waals surface area (Å²) < 4.78 is 0. The molecule has 3 N–H and O–H groups in total. The number of aliphatic hydroxyl groups is 1. The fraction of sp³-hybridized carbons (Fsp3) is 0.208. The molecule has 0 spiro atoms. The second kappa shape index (κ2) is 12.3. The molecular formula is C24H23N2NaO4S. The maximum atomic E-state index is 13.5. The number of pyridine rings is 1. The number of aliphatic hydroxyl groups excluding tert-OH is 1. The Balaban J connectivity index is 0.00000363. The van der Waals surface area contributed by atoms with Crippen LogP contribution in [-0.2, 0) is 4.79 Å². The molecule has 160 valence electrons. The van der Waals surface area contributed by atoms with E-state index in [2.05, 4.69) is 4.98 Å². The van der Waals surface area contributed by atoms with Crippen LogP contribution < -0.4 is 40.4 Å². The average molecular weight is 459 g/mol. The minimum absolute atomic E-state index is 0. The zero-order chi connectivity index (χ0) is 22.4. The van der Waals surface area contributed by atoms with Crippen molar-refractivity contribution in [3.8, 4) is 11.1 Å². The van der Waals surface area contributed by atoms with Crippen LogP contribution >= 0.6 is 11.8 Å². The van der Waals surface area contributed by atoms with E-state index in [0.717, 1.165) is 5.56 Å². The van der Waals surface area contributed by atoms with Gasteiger partial charge >= 0.3 is 29.6 Å². The SMILES string of the molecule is CSC(C[C@H](N)C(=O)[O-])C(=O)c1cccc(C(O)c2ccncc2)c1-c1ccccc1.[Na+]. The van der Waals surface area contributed by atoms with Crippen LogP contribution in [0.3, 0.4) is 0 Å². The maximum Gasteiger partial charge on any atom is 1.00 e. The van der Waals surface area contributed by atoms with Crippen LogP contribution in [0.4, 0.5) is 0 Å². The third-order valence-electron chi connectivity index (χ3n) is 5.09. The zero-order valence-corrected chi connectivity index (χ0v) is 20.8. The molecule has 0 aliphatic carbocycles. The largest absolute Gasteiger partial charge is 1.00 e. The summed E-state index contributed by atoms with van der Waals surface area (Å²) in [5.41, 5.74) is 8.66. The minimum atomic E-state index is -1.39. The summed E-state index contributed by atoms with van der Waals surface area (Å²) in [6.45, 7) is 0. The molecule has 2 unspecified atom stereocenters. The number of rotatable bonds is 9. The van der Waals surface area contributed by atoms with Gasteiger partial charge in [-0.3, -0.25) is 9.78 Å². The smallest absolute Gasteiger partial charge is 0.548 e. The minimum Gasteiger partial charge on any atom is -0.548 e. The predicted molar refractivity (Wildman–Crippen MR) is 119 cm³/mol. The first-order valence-electron chi connectivity index (χ1n) is 9.73. The fourth-order valence-corrected chi connectivity index (χ4v) is 4.21. The zero-order valence-electron chi connectivity index (χ0n) is 18.0. The topological polar surface area (TPSA) is 116 Å². The molecule has 3 rings (SSSR count). The number of carboxylic acid groups (broad SMARTS) is 1. The molecule has 0 aliphatic rings. The van der Waals surface area contributed by atoms with E-state index < -0.39 is 23.4 Å². The molecule has 3 aromatic rings.